The summed E-state index contributed by atoms with van der Waals surface area (Å²) in [6, 6.07) is 22.2. The van der Waals surface area contributed by atoms with Crippen molar-refractivity contribution in [3.8, 4) is 22.6 Å². The molecule has 0 fully saturated rings. The maximum Gasteiger partial charge on any atom is 0.306 e. The van der Waals surface area contributed by atoms with Crippen LogP contribution < -0.4 is 20.9 Å². The summed E-state index contributed by atoms with van der Waals surface area (Å²) in [5.74, 6) is 0.157. The number of ether oxygens (including phenoxy) is 2. The first kappa shape index (κ1) is 26.0. The van der Waals surface area contributed by atoms with Crippen molar-refractivity contribution in [3.63, 3.8) is 0 Å². The van der Waals surface area contributed by atoms with Crippen molar-refractivity contribution in [1.29, 1.82) is 0 Å². The Morgan fingerprint density at radius 3 is 1.55 bits per heavy atom. The van der Waals surface area contributed by atoms with Gasteiger partial charge in [0.1, 0.15) is 11.5 Å². The van der Waals surface area contributed by atoms with Crippen LogP contribution in [0.25, 0.3) is 11.1 Å². The minimum atomic E-state index is -1.25. The lowest BCUT2D eigenvalue weighted by atomic mass is 10.00. The van der Waals surface area contributed by atoms with E-state index in [2.05, 4.69) is 39.8 Å². The number of aryl methyl sites for hydroxylation is 4. The number of benzene rings is 4. The van der Waals surface area contributed by atoms with Crippen molar-refractivity contribution >= 4 is 23.0 Å². The Kier molecular flexibility index (Phi) is 7.02. The van der Waals surface area contributed by atoms with Crippen LogP contribution in [-0.4, -0.2) is 0 Å². The number of anilines is 2. The average molecular weight is 527 g/mol. The molecule has 0 radical (unpaired) electrons. The van der Waals surface area contributed by atoms with Gasteiger partial charge in [-0.05, 0) is 83.8 Å². The maximum absolute atomic E-state index is 7.02. The standard InChI is InChI=1S/C33H35ClN2O2/c1-5-20-16-24(17-21(6-2)31(20)35)37-33(38-25-18-22(7-3)32(36)23(8-4)19-25)27-13-10-9-12-26(27)30-28(33)14-11-15-29(30)34/h9-19H,5-8,35-36H2,1-4H3. The second-order valence-electron chi connectivity index (χ2n) is 9.75. The Hall–Kier alpha value is -3.63. The van der Waals surface area contributed by atoms with Crippen molar-refractivity contribution < 1.29 is 9.47 Å². The molecule has 1 aliphatic carbocycles. The number of hydrogen-bond acceptors (Lipinski definition) is 4. The van der Waals surface area contributed by atoms with Gasteiger partial charge in [-0.25, -0.2) is 0 Å². The second-order valence-corrected chi connectivity index (χ2v) is 10.2. The van der Waals surface area contributed by atoms with Gasteiger partial charge in [-0.15, -0.1) is 0 Å². The molecule has 5 rings (SSSR count). The molecule has 0 saturated heterocycles. The van der Waals surface area contributed by atoms with Crippen molar-refractivity contribution in [2.24, 2.45) is 0 Å². The van der Waals surface area contributed by atoms with E-state index >= 15 is 0 Å². The molecule has 38 heavy (non-hydrogen) atoms. The van der Waals surface area contributed by atoms with E-state index in [0.717, 1.165) is 81.6 Å². The maximum atomic E-state index is 7.02. The normalized spacial score (nSPS) is 13.2. The summed E-state index contributed by atoms with van der Waals surface area (Å²) < 4.78 is 14.0. The molecule has 5 heteroatoms. The van der Waals surface area contributed by atoms with E-state index in [1.807, 2.05) is 54.6 Å². The number of halogens is 1. The zero-order chi connectivity index (χ0) is 27.0. The van der Waals surface area contributed by atoms with Gasteiger partial charge in [-0.3, -0.25) is 0 Å². The zero-order valence-electron chi connectivity index (χ0n) is 22.5. The highest BCUT2D eigenvalue weighted by Gasteiger charge is 2.49. The molecule has 0 heterocycles. The van der Waals surface area contributed by atoms with E-state index in [9.17, 15) is 0 Å². The Bertz CT molecular complexity index is 1400. The Balaban J connectivity index is 1.77. The van der Waals surface area contributed by atoms with E-state index in [4.69, 9.17) is 32.5 Å². The van der Waals surface area contributed by atoms with Crippen LogP contribution in [0, 0.1) is 0 Å². The van der Waals surface area contributed by atoms with Gasteiger partial charge in [0.25, 0.3) is 0 Å². The molecule has 0 aliphatic heterocycles. The van der Waals surface area contributed by atoms with Crippen LogP contribution in [0.3, 0.4) is 0 Å². The predicted molar refractivity (Wildman–Crippen MR) is 158 cm³/mol. The summed E-state index contributed by atoms with van der Waals surface area (Å²) in [4.78, 5) is 0. The van der Waals surface area contributed by atoms with Crippen molar-refractivity contribution in [3.05, 3.63) is 105 Å². The van der Waals surface area contributed by atoms with E-state index in [0.29, 0.717) is 16.5 Å². The smallest absolute Gasteiger partial charge is 0.306 e. The van der Waals surface area contributed by atoms with E-state index in [1.54, 1.807) is 0 Å². The average Bonchev–Trinajstić information content (AvgIpc) is 3.20. The minimum Gasteiger partial charge on any atom is -0.444 e. The first-order valence-electron chi connectivity index (χ1n) is 13.5. The molecule has 196 valence electrons. The monoisotopic (exact) mass is 526 g/mol. The summed E-state index contributed by atoms with van der Waals surface area (Å²) in [5.41, 5.74) is 22.5. The topological polar surface area (TPSA) is 70.5 Å². The highest BCUT2D eigenvalue weighted by atomic mass is 35.5. The lowest BCUT2D eigenvalue weighted by Gasteiger charge is -2.34. The molecular formula is C33H35ClN2O2. The van der Waals surface area contributed by atoms with Crippen LogP contribution in [0.2, 0.25) is 5.02 Å². The van der Waals surface area contributed by atoms with Crippen LogP contribution in [0.4, 0.5) is 11.4 Å². The second kappa shape index (κ2) is 10.3. The highest BCUT2D eigenvalue weighted by molar-refractivity contribution is 6.33. The lowest BCUT2D eigenvalue weighted by molar-refractivity contribution is -0.0807. The van der Waals surface area contributed by atoms with Gasteiger partial charge in [-0.1, -0.05) is 75.7 Å². The molecular weight excluding hydrogens is 492 g/mol. The fourth-order valence-corrected chi connectivity index (χ4v) is 5.84. The molecule has 0 atom stereocenters. The Morgan fingerprint density at radius 1 is 0.632 bits per heavy atom. The quantitative estimate of drug-likeness (QED) is 0.180. The number of rotatable bonds is 8. The molecule has 4 N–H and O–H groups in total. The predicted octanol–water partition coefficient (Wildman–Crippen LogP) is 8.09. The Labute approximate surface area is 230 Å². The summed E-state index contributed by atoms with van der Waals surface area (Å²) in [6.45, 7) is 8.42. The number of hydrogen-bond donors (Lipinski definition) is 2. The van der Waals surface area contributed by atoms with Crippen LogP contribution in [0.15, 0.2) is 66.7 Å². The third kappa shape index (κ3) is 4.17. The molecule has 4 aromatic carbocycles. The van der Waals surface area contributed by atoms with E-state index < -0.39 is 5.79 Å². The number of nitrogen functional groups attached to an aromatic ring is 2. The first-order chi connectivity index (χ1) is 18.4. The molecule has 1 aliphatic rings. The van der Waals surface area contributed by atoms with Gasteiger partial charge < -0.3 is 20.9 Å². The van der Waals surface area contributed by atoms with Crippen molar-refractivity contribution in [1.82, 2.24) is 0 Å². The fraction of sp³-hybridized carbons (Fsp3) is 0.273. The van der Waals surface area contributed by atoms with Gasteiger partial charge in [0, 0.05) is 27.5 Å². The summed E-state index contributed by atoms with van der Waals surface area (Å²) >= 11 is 6.82. The van der Waals surface area contributed by atoms with Crippen LogP contribution >= 0.6 is 11.6 Å². The summed E-state index contributed by atoms with van der Waals surface area (Å²) in [6.07, 6.45) is 3.22. The van der Waals surface area contributed by atoms with Crippen molar-refractivity contribution in [2.45, 2.75) is 59.2 Å². The lowest BCUT2D eigenvalue weighted by Crippen LogP contribution is -2.39. The third-order valence-electron chi connectivity index (χ3n) is 7.62. The van der Waals surface area contributed by atoms with Gasteiger partial charge in [-0.2, -0.15) is 0 Å². The molecule has 0 aromatic heterocycles. The number of fused-ring (bicyclic) bond motifs is 3. The minimum absolute atomic E-state index is 0.658. The Morgan fingerprint density at radius 2 is 1.08 bits per heavy atom. The van der Waals surface area contributed by atoms with Crippen LogP contribution in [0.5, 0.6) is 11.5 Å². The first-order valence-corrected chi connectivity index (χ1v) is 13.8. The van der Waals surface area contributed by atoms with Gasteiger partial charge in [0.05, 0.1) is 5.56 Å². The molecule has 0 spiro atoms. The van der Waals surface area contributed by atoms with Gasteiger partial charge in [0.15, 0.2) is 0 Å². The summed E-state index contributed by atoms with van der Waals surface area (Å²) in [5, 5.41) is 0.658. The number of nitrogens with two attached hydrogens (primary N) is 2. The van der Waals surface area contributed by atoms with Crippen LogP contribution in [0.1, 0.15) is 61.1 Å². The fourth-order valence-electron chi connectivity index (χ4n) is 5.56. The molecule has 0 unspecified atom stereocenters. The summed E-state index contributed by atoms with van der Waals surface area (Å²) in [7, 11) is 0. The van der Waals surface area contributed by atoms with Crippen molar-refractivity contribution in [2.75, 3.05) is 11.5 Å². The SMILES string of the molecule is CCc1cc(OC2(Oc3cc(CC)c(N)c(CC)c3)c3ccccc3-c3c(Cl)cccc32)cc(CC)c1N. The largest absolute Gasteiger partial charge is 0.444 e. The van der Waals surface area contributed by atoms with Crippen LogP contribution in [-0.2, 0) is 31.5 Å². The van der Waals surface area contributed by atoms with Gasteiger partial charge >= 0.3 is 5.79 Å². The molecule has 4 nitrogen and oxygen atoms in total. The molecule has 0 saturated carbocycles. The third-order valence-corrected chi connectivity index (χ3v) is 7.93. The molecule has 0 amide bonds. The molecule has 4 aromatic rings. The molecule has 0 bridgehead atoms. The van der Waals surface area contributed by atoms with E-state index in [-0.39, 0.29) is 0 Å². The zero-order valence-corrected chi connectivity index (χ0v) is 23.3. The van der Waals surface area contributed by atoms with Gasteiger partial charge in [0.2, 0.25) is 0 Å². The highest BCUT2D eigenvalue weighted by Crippen LogP contribution is 2.53. The van der Waals surface area contributed by atoms with E-state index in [1.165, 1.54) is 0 Å².